The van der Waals surface area contributed by atoms with E-state index in [0.717, 1.165) is 23.4 Å². The van der Waals surface area contributed by atoms with E-state index in [0.29, 0.717) is 21.5 Å². The van der Waals surface area contributed by atoms with Gasteiger partial charge in [0.25, 0.3) is 5.91 Å². The summed E-state index contributed by atoms with van der Waals surface area (Å²) in [5.74, 6) is 0.279. The standard InChI is InChI=1S/C16H18Cl2N2O/c1-9(2)7-14-10(3)19-20(11(14)4)16(21)13-6-5-12(17)8-15(13)18/h5-6,8-9H,7H2,1-4H3. The number of carbonyl (C=O) groups is 1. The zero-order valence-electron chi connectivity index (χ0n) is 12.6. The summed E-state index contributed by atoms with van der Waals surface area (Å²) in [6.45, 7) is 8.14. The van der Waals surface area contributed by atoms with Crippen LogP contribution < -0.4 is 0 Å². The maximum absolute atomic E-state index is 12.6. The van der Waals surface area contributed by atoms with E-state index in [2.05, 4.69) is 18.9 Å². The minimum atomic E-state index is -0.229. The number of halogens is 2. The first kappa shape index (κ1) is 16.1. The normalized spacial score (nSPS) is 11.2. The van der Waals surface area contributed by atoms with Crippen molar-refractivity contribution >= 4 is 29.1 Å². The Morgan fingerprint density at radius 2 is 1.95 bits per heavy atom. The topological polar surface area (TPSA) is 34.9 Å². The molecule has 0 atom stereocenters. The van der Waals surface area contributed by atoms with Crippen molar-refractivity contribution in [1.82, 2.24) is 9.78 Å². The van der Waals surface area contributed by atoms with Gasteiger partial charge >= 0.3 is 0 Å². The molecule has 3 nitrogen and oxygen atoms in total. The van der Waals surface area contributed by atoms with Crippen LogP contribution in [0.4, 0.5) is 0 Å². The first-order valence-electron chi connectivity index (χ1n) is 6.86. The van der Waals surface area contributed by atoms with Crippen molar-refractivity contribution < 1.29 is 4.79 Å². The van der Waals surface area contributed by atoms with Gasteiger partial charge in [-0.05, 0) is 49.9 Å². The number of benzene rings is 1. The molecule has 0 radical (unpaired) electrons. The second-order valence-electron chi connectivity index (χ2n) is 5.59. The molecule has 5 heteroatoms. The molecule has 112 valence electrons. The molecule has 0 bridgehead atoms. The molecule has 0 saturated carbocycles. The molecule has 0 saturated heterocycles. The average molecular weight is 325 g/mol. The van der Waals surface area contributed by atoms with Crippen molar-refractivity contribution in [3.05, 3.63) is 50.8 Å². The fourth-order valence-electron chi connectivity index (χ4n) is 2.35. The van der Waals surface area contributed by atoms with Crippen molar-refractivity contribution in [2.45, 2.75) is 34.1 Å². The van der Waals surface area contributed by atoms with Crippen LogP contribution in [-0.4, -0.2) is 15.7 Å². The lowest BCUT2D eigenvalue weighted by atomic mass is 10.0. The number of rotatable bonds is 3. The smallest absolute Gasteiger partial charge is 0.267 e. The minimum Gasteiger partial charge on any atom is -0.267 e. The van der Waals surface area contributed by atoms with Crippen LogP contribution in [0.1, 0.15) is 41.2 Å². The van der Waals surface area contributed by atoms with Gasteiger partial charge in [0.15, 0.2) is 0 Å². The Bertz CT molecular complexity index is 690. The van der Waals surface area contributed by atoms with Gasteiger partial charge in [-0.25, -0.2) is 4.68 Å². The van der Waals surface area contributed by atoms with Crippen LogP contribution in [0, 0.1) is 19.8 Å². The maximum atomic E-state index is 12.6. The number of aryl methyl sites for hydroxylation is 1. The number of aromatic nitrogens is 2. The van der Waals surface area contributed by atoms with Crippen LogP contribution >= 0.6 is 23.2 Å². The second-order valence-corrected chi connectivity index (χ2v) is 6.43. The van der Waals surface area contributed by atoms with Gasteiger partial charge in [-0.1, -0.05) is 37.0 Å². The predicted molar refractivity (Wildman–Crippen MR) is 86.4 cm³/mol. The molecule has 21 heavy (non-hydrogen) atoms. The number of hydrogen-bond acceptors (Lipinski definition) is 2. The third kappa shape index (κ3) is 3.30. The molecule has 0 fully saturated rings. The van der Waals surface area contributed by atoms with Gasteiger partial charge in [-0.15, -0.1) is 0 Å². The van der Waals surface area contributed by atoms with E-state index in [1.807, 2.05) is 13.8 Å². The fraction of sp³-hybridized carbons (Fsp3) is 0.375. The largest absolute Gasteiger partial charge is 0.279 e. The summed E-state index contributed by atoms with van der Waals surface area (Å²) >= 11 is 12.0. The number of hydrogen-bond donors (Lipinski definition) is 0. The Labute approximate surface area is 134 Å². The quantitative estimate of drug-likeness (QED) is 0.820. The summed E-state index contributed by atoms with van der Waals surface area (Å²) in [6.07, 6.45) is 0.902. The van der Waals surface area contributed by atoms with E-state index in [1.54, 1.807) is 18.2 Å². The summed E-state index contributed by atoms with van der Waals surface area (Å²) in [6, 6.07) is 4.85. The van der Waals surface area contributed by atoms with Gasteiger partial charge < -0.3 is 0 Å². The highest BCUT2D eigenvalue weighted by Crippen LogP contribution is 2.24. The van der Waals surface area contributed by atoms with Crippen molar-refractivity contribution in [3.63, 3.8) is 0 Å². The summed E-state index contributed by atoms with van der Waals surface area (Å²) in [5.41, 5.74) is 3.29. The average Bonchev–Trinajstić information content (AvgIpc) is 2.65. The van der Waals surface area contributed by atoms with E-state index in [1.165, 1.54) is 4.68 Å². The lowest BCUT2D eigenvalue weighted by Gasteiger charge is -2.07. The van der Waals surface area contributed by atoms with E-state index in [-0.39, 0.29) is 5.91 Å². The minimum absolute atomic E-state index is 0.229. The molecule has 0 aliphatic heterocycles. The molecule has 0 spiro atoms. The van der Waals surface area contributed by atoms with E-state index in [4.69, 9.17) is 23.2 Å². The summed E-state index contributed by atoms with van der Waals surface area (Å²) in [7, 11) is 0. The van der Waals surface area contributed by atoms with Gasteiger partial charge in [-0.2, -0.15) is 5.10 Å². The monoisotopic (exact) mass is 324 g/mol. The predicted octanol–water partition coefficient (Wildman–Crippen LogP) is 4.69. The van der Waals surface area contributed by atoms with Crippen LogP contribution in [0.15, 0.2) is 18.2 Å². The van der Waals surface area contributed by atoms with E-state index < -0.39 is 0 Å². The van der Waals surface area contributed by atoms with Crippen molar-refractivity contribution in [2.24, 2.45) is 5.92 Å². The van der Waals surface area contributed by atoms with Gasteiger partial charge in [0.2, 0.25) is 0 Å². The summed E-state index contributed by atoms with van der Waals surface area (Å²) in [5, 5.41) is 5.22. The maximum Gasteiger partial charge on any atom is 0.279 e. The Hall–Kier alpha value is -1.32. The SMILES string of the molecule is Cc1nn(C(=O)c2ccc(Cl)cc2Cl)c(C)c1CC(C)C. The molecule has 2 rings (SSSR count). The lowest BCUT2D eigenvalue weighted by molar-refractivity contribution is 0.0942. The van der Waals surface area contributed by atoms with Gasteiger partial charge in [0.05, 0.1) is 16.3 Å². The molecule has 0 aliphatic carbocycles. The van der Waals surface area contributed by atoms with Crippen LogP contribution in [-0.2, 0) is 6.42 Å². The Balaban J connectivity index is 2.44. The van der Waals surface area contributed by atoms with Crippen molar-refractivity contribution in [1.29, 1.82) is 0 Å². The van der Waals surface area contributed by atoms with Crippen LogP contribution in [0.2, 0.25) is 10.0 Å². The number of nitrogens with zero attached hydrogens (tertiary/aromatic N) is 2. The molecule has 1 heterocycles. The molecule has 0 unspecified atom stereocenters. The summed E-state index contributed by atoms with van der Waals surface area (Å²) in [4.78, 5) is 12.6. The highest BCUT2D eigenvalue weighted by molar-refractivity contribution is 6.36. The highest BCUT2D eigenvalue weighted by atomic mass is 35.5. The molecule has 2 aromatic rings. The number of carbonyl (C=O) groups excluding carboxylic acids is 1. The first-order valence-corrected chi connectivity index (χ1v) is 7.61. The molecule has 0 N–H and O–H groups in total. The third-order valence-corrected chi connectivity index (χ3v) is 3.96. The third-order valence-electron chi connectivity index (χ3n) is 3.41. The van der Waals surface area contributed by atoms with E-state index in [9.17, 15) is 4.79 Å². The molecule has 1 aromatic heterocycles. The molecular weight excluding hydrogens is 307 g/mol. The molecule has 0 aliphatic rings. The Kier molecular flexibility index (Phi) is 4.74. The van der Waals surface area contributed by atoms with Gasteiger partial charge in [-0.3, -0.25) is 4.79 Å². The van der Waals surface area contributed by atoms with E-state index >= 15 is 0 Å². The first-order chi connectivity index (χ1) is 9.81. The zero-order chi connectivity index (χ0) is 15.7. The van der Waals surface area contributed by atoms with Gasteiger partial charge in [0, 0.05) is 10.7 Å². The molecule has 1 aromatic carbocycles. The Morgan fingerprint density at radius 1 is 1.29 bits per heavy atom. The summed E-state index contributed by atoms with van der Waals surface area (Å²) < 4.78 is 1.43. The van der Waals surface area contributed by atoms with Crippen LogP contribution in [0.25, 0.3) is 0 Å². The highest BCUT2D eigenvalue weighted by Gasteiger charge is 2.20. The zero-order valence-corrected chi connectivity index (χ0v) is 14.1. The van der Waals surface area contributed by atoms with Crippen LogP contribution in [0.3, 0.4) is 0 Å². The molecule has 0 amide bonds. The molecular formula is C16H18Cl2N2O. The van der Waals surface area contributed by atoms with Crippen molar-refractivity contribution in [2.75, 3.05) is 0 Å². The second kappa shape index (κ2) is 6.20. The Morgan fingerprint density at radius 3 is 2.52 bits per heavy atom. The fourth-order valence-corrected chi connectivity index (χ4v) is 2.84. The van der Waals surface area contributed by atoms with Crippen LogP contribution in [0.5, 0.6) is 0 Å². The van der Waals surface area contributed by atoms with Crippen molar-refractivity contribution in [3.8, 4) is 0 Å². The lowest BCUT2D eigenvalue weighted by Crippen LogP contribution is -2.16. The van der Waals surface area contributed by atoms with Gasteiger partial charge in [0.1, 0.15) is 0 Å².